The smallest absolute Gasteiger partial charge is 0.251 e. The van der Waals surface area contributed by atoms with Crippen LogP contribution in [0, 0.1) is 12.3 Å². The highest BCUT2D eigenvalue weighted by Gasteiger charge is 2.19. The van der Waals surface area contributed by atoms with Crippen LogP contribution in [-0.2, 0) is 4.43 Å². The Hall–Kier alpha value is -1.30. The minimum atomic E-state index is -1.04. The van der Waals surface area contributed by atoms with Gasteiger partial charge in [-0.15, -0.1) is 18.9 Å². The fourth-order valence-electron chi connectivity index (χ4n) is 1.96. The van der Waals surface area contributed by atoms with Gasteiger partial charge in [0.15, 0.2) is 0 Å². The molecule has 0 amide bonds. The molecule has 0 N–H and O–H groups in total. The van der Waals surface area contributed by atoms with Crippen molar-refractivity contribution in [2.75, 3.05) is 0 Å². The van der Waals surface area contributed by atoms with Crippen LogP contribution in [0.5, 0.6) is 0 Å². The third-order valence-corrected chi connectivity index (χ3v) is 5.21. The third-order valence-electron chi connectivity index (χ3n) is 2.96. The van der Waals surface area contributed by atoms with Gasteiger partial charge in [0.1, 0.15) is 0 Å². The normalized spacial score (nSPS) is 12.1. The summed E-state index contributed by atoms with van der Waals surface area (Å²) in [5.74, 6) is 2.74. The van der Waals surface area contributed by atoms with E-state index in [9.17, 15) is 0 Å². The second kappa shape index (κ2) is 9.60. The van der Waals surface area contributed by atoms with Crippen LogP contribution in [0.4, 0.5) is 0 Å². The van der Waals surface area contributed by atoms with E-state index in [1.54, 1.807) is 0 Å². The molecule has 0 saturated heterocycles. The van der Waals surface area contributed by atoms with Gasteiger partial charge in [0.05, 0.1) is 6.10 Å². The second-order valence-corrected chi connectivity index (χ2v) is 6.64. The van der Waals surface area contributed by atoms with Crippen molar-refractivity contribution >= 4 is 14.2 Å². The van der Waals surface area contributed by atoms with Gasteiger partial charge in [0, 0.05) is 6.42 Å². The molecule has 1 rings (SSSR count). The largest absolute Gasteiger partial charge is 0.408 e. The van der Waals surface area contributed by atoms with Crippen LogP contribution < -0.4 is 5.19 Å². The van der Waals surface area contributed by atoms with Crippen LogP contribution in [0.2, 0.25) is 6.04 Å². The third kappa shape index (κ3) is 5.91. The molecule has 0 aromatic heterocycles. The molecule has 0 unspecified atom stereocenters. The lowest BCUT2D eigenvalue weighted by Crippen LogP contribution is -2.36. The zero-order valence-electron chi connectivity index (χ0n) is 11.8. The van der Waals surface area contributed by atoms with Gasteiger partial charge in [-0.25, -0.2) is 0 Å². The van der Waals surface area contributed by atoms with Crippen molar-refractivity contribution in [3.05, 3.63) is 43.0 Å². The molecule has 0 aliphatic rings. The number of allylic oxidation sites excluding steroid dienone is 1. The van der Waals surface area contributed by atoms with Gasteiger partial charge in [-0.3, -0.25) is 0 Å². The molecular formula is C17H23OSi. The molecule has 0 bridgehead atoms. The van der Waals surface area contributed by atoms with Gasteiger partial charge in [0.25, 0.3) is 9.04 Å². The lowest BCUT2D eigenvalue weighted by Gasteiger charge is -2.22. The number of rotatable bonds is 9. The Kier molecular flexibility index (Phi) is 7.96. The summed E-state index contributed by atoms with van der Waals surface area (Å²) in [4.78, 5) is 0. The Morgan fingerprint density at radius 3 is 2.74 bits per heavy atom. The van der Waals surface area contributed by atoms with Crippen molar-refractivity contribution < 1.29 is 4.43 Å². The minimum absolute atomic E-state index is 0.194. The zero-order chi connectivity index (χ0) is 13.9. The lowest BCUT2D eigenvalue weighted by molar-refractivity contribution is 0.197. The number of hydrogen-bond donors (Lipinski definition) is 0. The molecular weight excluding hydrogens is 248 g/mol. The van der Waals surface area contributed by atoms with Crippen LogP contribution in [0.15, 0.2) is 43.0 Å². The van der Waals surface area contributed by atoms with E-state index in [1.807, 2.05) is 12.1 Å². The average molecular weight is 271 g/mol. The molecule has 1 aromatic carbocycles. The molecule has 0 spiro atoms. The molecule has 1 nitrogen and oxygen atoms in total. The second-order valence-electron chi connectivity index (χ2n) is 4.57. The van der Waals surface area contributed by atoms with Gasteiger partial charge in [-0.2, -0.15) is 0 Å². The van der Waals surface area contributed by atoms with Gasteiger partial charge >= 0.3 is 0 Å². The molecule has 0 fully saturated rings. The zero-order valence-corrected chi connectivity index (χ0v) is 12.8. The van der Waals surface area contributed by atoms with E-state index in [2.05, 4.69) is 43.7 Å². The van der Waals surface area contributed by atoms with Crippen LogP contribution in [-0.4, -0.2) is 15.1 Å². The standard InChI is InChI=1S/C17H23OSi/c1-4-7-12-16(11-5-2)18-19(15-6-3)17-13-9-8-10-14-17/h2,6,8-10,13-14,16H,3-4,7,11-12,15H2,1H3/t16-/m0/s1. The summed E-state index contributed by atoms with van der Waals surface area (Å²) in [7, 11) is -1.04. The quantitative estimate of drug-likeness (QED) is 0.378. The highest BCUT2D eigenvalue weighted by molar-refractivity contribution is 6.67. The number of hydrogen-bond acceptors (Lipinski definition) is 1. The van der Waals surface area contributed by atoms with Crippen LogP contribution >= 0.6 is 0 Å². The first-order valence-electron chi connectivity index (χ1n) is 6.94. The Balaban J connectivity index is 2.70. The molecule has 0 heterocycles. The first-order valence-corrected chi connectivity index (χ1v) is 8.55. The van der Waals surface area contributed by atoms with E-state index in [4.69, 9.17) is 10.8 Å². The average Bonchev–Trinajstić information content (AvgIpc) is 2.45. The monoisotopic (exact) mass is 271 g/mol. The SMILES string of the molecule is C#CC[C@@H](CCCC)O[Si](CC=C)c1ccccc1. The van der Waals surface area contributed by atoms with Gasteiger partial charge in [0.2, 0.25) is 0 Å². The Morgan fingerprint density at radius 1 is 1.42 bits per heavy atom. The van der Waals surface area contributed by atoms with Crippen molar-refractivity contribution in [1.82, 2.24) is 0 Å². The summed E-state index contributed by atoms with van der Waals surface area (Å²) < 4.78 is 6.31. The van der Waals surface area contributed by atoms with E-state index >= 15 is 0 Å². The van der Waals surface area contributed by atoms with Crippen molar-refractivity contribution in [1.29, 1.82) is 0 Å². The minimum Gasteiger partial charge on any atom is -0.408 e. The van der Waals surface area contributed by atoms with E-state index in [-0.39, 0.29) is 6.10 Å². The Morgan fingerprint density at radius 2 is 2.16 bits per heavy atom. The first kappa shape index (κ1) is 15.8. The van der Waals surface area contributed by atoms with Crippen LogP contribution in [0.3, 0.4) is 0 Å². The number of unbranched alkanes of at least 4 members (excludes halogenated alkanes) is 1. The topological polar surface area (TPSA) is 9.23 Å². The van der Waals surface area contributed by atoms with E-state index in [1.165, 1.54) is 18.0 Å². The highest BCUT2D eigenvalue weighted by atomic mass is 28.3. The molecule has 2 heteroatoms. The number of terminal acetylenes is 1. The first-order chi connectivity index (χ1) is 9.31. The van der Waals surface area contributed by atoms with Gasteiger partial charge in [-0.05, 0) is 17.7 Å². The molecule has 1 atom stereocenters. The van der Waals surface area contributed by atoms with Crippen molar-refractivity contribution in [3.63, 3.8) is 0 Å². The van der Waals surface area contributed by atoms with Crippen LogP contribution in [0.25, 0.3) is 0 Å². The fraction of sp³-hybridized carbons (Fsp3) is 0.412. The van der Waals surface area contributed by atoms with E-state index in [0.29, 0.717) is 6.42 Å². The van der Waals surface area contributed by atoms with Crippen molar-refractivity contribution in [3.8, 4) is 12.3 Å². The molecule has 1 aromatic rings. The van der Waals surface area contributed by atoms with E-state index in [0.717, 1.165) is 12.5 Å². The molecule has 0 saturated carbocycles. The lowest BCUT2D eigenvalue weighted by atomic mass is 10.1. The summed E-state index contributed by atoms with van der Waals surface area (Å²) in [6.07, 6.45) is 11.7. The Bertz CT molecular complexity index is 393. The summed E-state index contributed by atoms with van der Waals surface area (Å²) >= 11 is 0. The molecule has 101 valence electrons. The van der Waals surface area contributed by atoms with Gasteiger partial charge in [-0.1, -0.05) is 56.2 Å². The summed E-state index contributed by atoms with van der Waals surface area (Å²) in [5, 5.41) is 1.30. The van der Waals surface area contributed by atoms with Crippen LogP contribution in [0.1, 0.15) is 32.6 Å². The highest BCUT2D eigenvalue weighted by Crippen LogP contribution is 2.12. The van der Waals surface area contributed by atoms with E-state index < -0.39 is 9.04 Å². The Labute approximate surface area is 119 Å². The molecule has 1 radical (unpaired) electrons. The van der Waals surface area contributed by atoms with Crippen molar-refractivity contribution in [2.24, 2.45) is 0 Å². The molecule has 19 heavy (non-hydrogen) atoms. The number of benzene rings is 1. The predicted octanol–water partition coefficient (Wildman–Crippen LogP) is 3.67. The summed E-state index contributed by atoms with van der Waals surface area (Å²) in [6.45, 7) is 6.04. The fourth-order valence-corrected chi connectivity index (χ4v) is 3.85. The maximum absolute atomic E-state index is 6.31. The maximum atomic E-state index is 6.31. The molecule has 0 aliphatic heterocycles. The maximum Gasteiger partial charge on any atom is 0.251 e. The summed E-state index contributed by atoms with van der Waals surface area (Å²) in [5.41, 5.74) is 0. The summed E-state index contributed by atoms with van der Waals surface area (Å²) in [6, 6.07) is 11.4. The predicted molar refractivity (Wildman–Crippen MR) is 84.7 cm³/mol. The van der Waals surface area contributed by atoms with Gasteiger partial charge < -0.3 is 4.43 Å². The molecule has 0 aliphatic carbocycles. The van der Waals surface area contributed by atoms with Crippen molar-refractivity contribution in [2.45, 2.75) is 44.8 Å².